The molecule has 3 rings (SSSR count). The number of nitrogen functional groups attached to an aromatic ring is 1. The summed E-state index contributed by atoms with van der Waals surface area (Å²) in [5.74, 6) is 2.00. The van der Waals surface area contributed by atoms with Gasteiger partial charge in [-0.15, -0.1) is 0 Å². The Morgan fingerprint density at radius 3 is 2.61 bits per heavy atom. The number of nitrogens with two attached hydrogens (primary N) is 1. The van der Waals surface area contributed by atoms with E-state index < -0.39 is 0 Å². The highest BCUT2D eigenvalue weighted by Crippen LogP contribution is 2.24. The minimum absolute atomic E-state index is 0.284. The maximum absolute atomic E-state index is 5.79. The topological polar surface area (TPSA) is 82.1 Å². The van der Waals surface area contributed by atoms with Crippen LogP contribution in [0.5, 0.6) is 0 Å². The van der Waals surface area contributed by atoms with Gasteiger partial charge in [-0.2, -0.15) is 9.97 Å². The van der Waals surface area contributed by atoms with E-state index in [9.17, 15) is 0 Å². The molecule has 0 amide bonds. The summed E-state index contributed by atoms with van der Waals surface area (Å²) in [6.07, 6.45) is 0. The first-order chi connectivity index (χ1) is 8.66. The summed E-state index contributed by atoms with van der Waals surface area (Å²) >= 11 is 0. The number of aryl methyl sites for hydroxylation is 2. The van der Waals surface area contributed by atoms with Crippen LogP contribution in [0, 0.1) is 6.92 Å². The number of fused-ring (bicyclic) bond motifs is 1. The van der Waals surface area contributed by atoms with Crippen molar-refractivity contribution in [2.45, 2.75) is 6.92 Å². The van der Waals surface area contributed by atoms with E-state index in [0.717, 1.165) is 35.9 Å². The SMILES string of the molecule is Cc1nc2c(N3CCOCC3)nc(N)nc2n1C. The van der Waals surface area contributed by atoms with Crippen LogP contribution in [0.4, 0.5) is 11.8 Å². The zero-order valence-electron chi connectivity index (χ0n) is 10.6. The molecule has 7 nitrogen and oxygen atoms in total. The maximum atomic E-state index is 5.79. The largest absolute Gasteiger partial charge is 0.378 e. The molecule has 0 aliphatic carbocycles. The van der Waals surface area contributed by atoms with Crippen molar-refractivity contribution >= 4 is 22.9 Å². The standard InChI is InChI=1S/C11H16N6O/c1-7-13-8-9(16(7)2)14-11(12)15-10(8)17-3-5-18-6-4-17/h3-6H2,1-2H3,(H2,12,14,15). The van der Waals surface area contributed by atoms with Gasteiger partial charge in [-0.3, -0.25) is 0 Å². The first-order valence-electron chi connectivity index (χ1n) is 5.96. The molecule has 7 heteroatoms. The fourth-order valence-electron chi connectivity index (χ4n) is 2.17. The average molecular weight is 248 g/mol. The second-order valence-electron chi connectivity index (χ2n) is 4.40. The normalized spacial score (nSPS) is 16.4. The van der Waals surface area contributed by atoms with Gasteiger partial charge in [-0.25, -0.2) is 4.98 Å². The number of anilines is 2. The van der Waals surface area contributed by atoms with Gasteiger partial charge in [0.1, 0.15) is 5.82 Å². The van der Waals surface area contributed by atoms with Crippen molar-refractivity contribution in [1.29, 1.82) is 0 Å². The Morgan fingerprint density at radius 2 is 1.89 bits per heavy atom. The number of hydrogen-bond donors (Lipinski definition) is 1. The monoisotopic (exact) mass is 248 g/mol. The van der Waals surface area contributed by atoms with Gasteiger partial charge in [0.25, 0.3) is 0 Å². The van der Waals surface area contributed by atoms with Gasteiger partial charge >= 0.3 is 0 Å². The lowest BCUT2D eigenvalue weighted by Gasteiger charge is -2.27. The Labute approximate surface area is 105 Å². The molecule has 0 radical (unpaired) electrons. The fraction of sp³-hybridized carbons (Fsp3) is 0.545. The third-order valence-corrected chi connectivity index (χ3v) is 3.25. The van der Waals surface area contributed by atoms with Crippen LogP contribution in [0.25, 0.3) is 11.2 Å². The van der Waals surface area contributed by atoms with Crippen LogP contribution in [0.2, 0.25) is 0 Å². The van der Waals surface area contributed by atoms with Crippen LogP contribution in [-0.4, -0.2) is 45.8 Å². The Bertz CT molecular complexity index is 587. The minimum atomic E-state index is 0.284. The summed E-state index contributed by atoms with van der Waals surface area (Å²) in [6, 6.07) is 0. The van der Waals surface area contributed by atoms with E-state index in [1.54, 1.807) is 0 Å². The van der Waals surface area contributed by atoms with E-state index >= 15 is 0 Å². The molecule has 2 aromatic heterocycles. The van der Waals surface area contributed by atoms with Gasteiger partial charge in [0.05, 0.1) is 13.2 Å². The number of morpholine rings is 1. The van der Waals surface area contributed by atoms with Crippen LogP contribution in [0.1, 0.15) is 5.82 Å². The number of ether oxygens (including phenoxy) is 1. The Kier molecular flexibility index (Phi) is 2.55. The summed E-state index contributed by atoms with van der Waals surface area (Å²) < 4.78 is 7.28. The van der Waals surface area contributed by atoms with E-state index in [1.807, 2.05) is 18.5 Å². The number of imidazole rings is 1. The molecule has 3 heterocycles. The minimum Gasteiger partial charge on any atom is -0.378 e. The van der Waals surface area contributed by atoms with Crippen molar-refractivity contribution in [3.05, 3.63) is 5.82 Å². The van der Waals surface area contributed by atoms with E-state index in [0.29, 0.717) is 13.2 Å². The average Bonchev–Trinajstić information content (AvgIpc) is 2.66. The molecular formula is C11H16N6O. The van der Waals surface area contributed by atoms with Gasteiger partial charge in [-0.05, 0) is 6.92 Å². The van der Waals surface area contributed by atoms with E-state index in [4.69, 9.17) is 10.5 Å². The quantitative estimate of drug-likeness (QED) is 0.770. The first-order valence-corrected chi connectivity index (χ1v) is 5.96. The molecule has 0 bridgehead atoms. The molecule has 2 N–H and O–H groups in total. The van der Waals surface area contributed by atoms with Gasteiger partial charge in [0.2, 0.25) is 5.95 Å². The predicted octanol–water partition coefficient (Wildman–Crippen LogP) is 0.0905. The molecular weight excluding hydrogens is 232 g/mol. The molecule has 18 heavy (non-hydrogen) atoms. The van der Waals surface area contributed by atoms with Crippen molar-refractivity contribution in [1.82, 2.24) is 19.5 Å². The molecule has 0 spiro atoms. The Morgan fingerprint density at radius 1 is 1.17 bits per heavy atom. The summed E-state index contributed by atoms with van der Waals surface area (Å²) in [6.45, 7) is 4.97. The van der Waals surface area contributed by atoms with Gasteiger partial charge in [0.15, 0.2) is 17.0 Å². The van der Waals surface area contributed by atoms with Gasteiger partial charge < -0.3 is 19.9 Å². The smallest absolute Gasteiger partial charge is 0.224 e. The first kappa shape index (κ1) is 11.2. The van der Waals surface area contributed by atoms with Gasteiger partial charge in [-0.1, -0.05) is 0 Å². The molecule has 1 fully saturated rings. The number of aromatic nitrogens is 4. The lowest BCUT2D eigenvalue weighted by atomic mass is 10.3. The fourth-order valence-corrected chi connectivity index (χ4v) is 2.17. The molecule has 96 valence electrons. The zero-order chi connectivity index (χ0) is 12.7. The molecule has 0 aromatic carbocycles. The molecule has 2 aromatic rings. The second kappa shape index (κ2) is 4.09. The summed E-state index contributed by atoms with van der Waals surface area (Å²) in [5.41, 5.74) is 7.38. The number of hydrogen-bond acceptors (Lipinski definition) is 6. The number of rotatable bonds is 1. The molecule has 1 saturated heterocycles. The van der Waals surface area contributed by atoms with Gasteiger partial charge in [0, 0.05) is 20.1 Å². The molecule has 0 unspecified atom stereocenters. The molecule has 1 aliphatic heterocycles. The Hall–Kier alpha value is -1.89. The molecule has 0 saturated carbocycles. The van der Waals surface area contributed by atoms with Crippen LogP contribution < -0.4 is 10.6 Å². The highest BCUT2D eigenvalue weighted by molar-refractivity contribution is 5.85. The lowest BCUT2D eigenvalue weighted by molar-refractivity contribution is 0.122. The third kappa shape index (κ3) is 1.67. The van der Waals surface area contributed by atoms with Crippen molar-refractivity contribution < 1.29 is 4.74 Å². The molecule has 0 atom stereocenters. The van der Waals surface area contributed by atoms with Crippen molar-refractivity contribution in [2.24, 2.45) is 7.05 Å². The van der Waals surface area contributed by atoms with Crippen molar-refractivity contribution in [3.63, 3.8) is 0 Å². The highest BCUT2D eigenvalue weighted by atomic mass is 16.5. The summed E-state index contributed by atoms with van der Waals surface area (Å²) in [7, 11) is 1.93. The van der Waals surface area contributed by atoms with E-state index in [1.165, 1.54) is 0 Å². The Balaban J connectivity index is 2.17. The van der Waals surface area contributed by atoms with Crippen LogP contribution >= 0.6 is 0 Å². The zero-order valence-corrected chi connectivity index (χ0v) is 10.6. The summed E-state index contributed by atoms with van der Waals surface area (Å²) in [5, 5.41) is 0. The van der Waals surface area contributed by atoms with Crippen molar-refractivity contribution in [3.8, 4) is 0 Å². The maximum Gasteiger partial charge on any atom is 0.224 e. The summed E-state index contributed by atoms with van der Waals surface area (Å²) in [4.78, 5) is 15.3. The van der Waals surface area contributed by atoms with Crippen molar-refractivity contribution in [2.75, 3.05) is 36.9 Å². The van der Waals surface area contributed by atoms with Crippen LogP contribution in [0.3, 0.4) is 0 Å². The second-order valence-corrected chi connectivity index (χ2v) is 4.40. The molecule has 1 aliphatic rings. The van der Waals surface area contributed by atoms with Crippen LogP contribution in [-0.2, 0) is 11.8 Å². The van der Waals surface area contributed by atoms with E-state index in [2.05, 4.69) is 19.9 Å². The highest BCUT2D eigenvalue weighted by Gasteiger charge is 2.20. The third-order valence-electron chi connectivity index (χ3n) is 3.25. The lowest BCUT2D eigenvalue weighted by Crippen LogP contribution is -2.37. The number of nitrogens with zero attached hydrogens (tertiary/aromatic N) is 5. The predicted molar refractivity (Wildman–Crippen MR) is 68.5 cm³/mol. The van der Waals surface area contributed by atoms with E-state index in [-0.39, 0.29) is 5.95 Å². The van der Waals surface area contributed by atoms with Crippen LogP contribution in [0.15, 0.2) is 0 Å².